The molecule has 0 saturated heterocycles. The van der Waals surface area contributed by atoms with Crippen LogP contribution in [-0.4, -0.2) is 24.2 Å². The molecule has 0 rings (SSSR count). The van der Waals surface area contributed by atoms with E-state index in [1.165, 1.54) is 32.4 Å². The molecule has 0 bridgehead atoms. The van der Waals surface area contributed by atoms with E-state index in [9.17, 15) is 9.59 Å². The van der Waals surface area contributed by atoms with Crippen LogP contribution in [0.5, 0.6) is 0 Å². The van der Waals surface area contributed by atoms with Gasteiger partial charge in [0, 0.05) is 5.57 Å². The first-order valence-electron chi connectivity index (χ1n) is 6.61. The minimum atomic E-state index is -0.938. The van der Waals surface area contributed by atoms with Crippen molar-refractivity contribution >= 4 is 11.9 Å². The van der Waals surface area contributed by atoms with Gasteiger partial charge in [-0.2, -0.15) is 0 Å². The van der Waals surface area contributed by atoms with Gasteiger partial charge in [-0.25, -0.2) is 4.79 Å². The fourth-order valence-electron chi connectivity index (χ4n) is 1.68. The Hall–Kier alpha value is -1.32. The largest absolute Gasteiger partial charge is 0.478 e. The maximum atomic E-state index is 10.9. The van der Waals surface area contributed by atoms with E-state index in [0.29, 0.717) is 12.0 Å². The summed E-state index contributed by atoms with van der Waals surface area (Å²) in [7, 11) is 1.30. The Morgan fingerprint density at radius 2 is 1.72 bits per heavy atom. The number of methoxy groups -OCH3 is 1. The molecule has 104 valence electrons. The van der Waals surface area contributed by atoms with Gasteiger partial charge in [0.15, 0.2) is 0 Å². The van der Waals surface area contributed by atoms with E-state index in [-0.39, 0.29) is 6.42 Å². The zero-order chi connectivity index (χ0) is 13.8. The lowest BCUT2D eigenvalue weighted by molar-refractivity contribution is -0.139. The Labute approximate surface area is 109 Å². The highest BCUT2D eigenvalue weighted by Gasteiger charge is 2.08. The van der Waals surface area contributed by atoms with Crippen molar-refractivity contribution in [3.63, 3.8) is 0 Å². The van der Waals surface area contributed by atoms with E-state index in [2.05, 4.69) is 11.7 Å². The summed E-state index contributed by atoms with van der Waals surface area (Å²) in [6.07, 6.45) is 8.74. The van der Waals surface area contributed by atoms with Gasteiger partial charge in [0.2, 0.25) is 0 Å². The standard InChI is InChI=1S/C14H24O4/c1-3-4-5-6-7-8-9-12(14(16)17)10-11-13(15)18-2/h10H,3-9,11H2,1-2H3,(H,16,17)/b12-10+. The fourth-order valence-corrected chi connectivity index (χ4v) is 1.68. The topological polar surface area (TPSA) is 63.6 Å². The lowest BCUT2D eigenvalue weighted by Gasteiger charge is -2.03. The van der Waals surface area contributed by atoms with Crippen LogP contribution in [0.2, 0.25) is 0 Å². The SMILES string of the molecule is CCCCCCCC/C(=C\CC(=O)OC)C(=O)O. The van der Waals surface area contributed by atoms with Crippen LogP contribution in [0.3, 0.4) is 0 Å². The van der Waals surface area contributed by atoms with Crippen molar-refractivity contribution in [2.24, 2.45) is 0 Å². The molecule has 0 amide bonds. The lowest BCUT2D eigenvalue weighted by atomic mass is 10.0. The molecule has 18 heavy (non-hydrogen) atoms. The summed E-state index contributed by atoms with van der Waals surface area (Å²) in [6.45, 7) is 2.16. The summed E-state index contributed by atoms with van der Waals surface area (Å²) >= 11 is 0. The molecule has 0 heterocycles. The smallest absolute Gasteiger partial charge is 0.331 e. The van der Waals surface area contributed by atoms with Crippen LogP contribution in [0.4, 0.5) is 0 Å². The normalized spacial score (nSPS) is 11.3. The van der Waals surface area contributed by atoms with E-state index in [1.54, 1.807) is 0 Å². The number of carboxylic acid groups (broad SMARTS) is 1. The van der Waals surface area contributed by atoms with Crippen LogP contribution in [-0.2, 0) is 14.3 Å². The van der Waals surface area contributed by atoms with Gasteiger partial charge in [0.1, 0.15) is 0 Å². The second-order valence-electron chi connectivity index (χ2n) is 4.33. The van der Waals surface area contributed by atoms with Crippen molar-refractivity contribution in [3.05, 3.63) is 11.6 Å². The first-order valence-corrected chi connectivity index (χ1v) is 6.61. The zero-order valence-electron chi connectivity index (χ0n) is 11.4. The summed E-state index contributed by atoms with van der Waals surface area (Å²) in [6, 6.07) is 0. The highest BCUT2D eigenvalue weighted by Crippen LogP contribution is 2.12. The number of rotatable bonds is 10. The van der Waals surface area contributed by atoms with E-state index in [0.717, 1.165) is 19.3 Å². The molecule has 0 unspecified atom stereocenters. The van der Waals surface area contributed by atoms with Crippen LogP contribution in [0.1, 0.15) is 58.3 Å². The van der Waals surface area contributed by atoms with Crippen molar-refractivity contribution in [1.29, 1.82) is 0 Å². The van der Waals surface area contributed by atoms with E-state index >= 15 is 0 Å². The van der Waals surface area contributed by atoms with Gasteiger partial charge in [-0.1, -0.05) is 45.1 Å². The van der Waals surface area contributed by atoms with Gasteiger partial charge in [0.05, 0.1) is 13.5 Å². The van der Waals surface area contributed by atoms with Gasteiger partial charge in [-0.3, -0.25) is 4.79 Å². The minimum absolute atomic E-state index is 0.0357. The molecule has 4 nitrogen and oxygen atoms in total. The molecule has 0 aliphatic heterocycles. The second kappa shape index (κ2) is 10.8. The molecule has 0 spiro atoms. The van der Waals surface area contributed by atoms with Gasteiger partial charge >= 0.3 is 11.9 Å². The van der Waals surface area contributed by atoms with Crippen LogP contribution in [0, 0.1) is 0 Å². The van der Waals surface area contributed by atoms with Crippen molar-refractivity contribution < 1.29 is 19.4 Å². The second-order valence-corrected chi connectivity index (χ2v) is 4.33. The quantitative estimate of drug-likeness (QED) is 0.370. The molecule has 0 aliphatic carbocycles. The Bertz CT molecular complexity index is 282. The molecule has 1 N–H and O–H groups in total. The molecule has 0 atom stereocenters. The number of esters is 1. The summed E-state index contributed by atoms with van der Waals surface area (Å²) < 4.78 is 4.47. The summed E-state index contributed by atoms with van der Waals surface area (Å²) in [4.78, 5) is 21.9. The monoisotopic (exact) mass is 256 g/mol. The molecular weight excluding hydrogens is 232 g/mol. The number of aliphatic carboxylic acids is 1. The Kier molecular flexibility index (Phi) is 10.0. The molecule has 0 aliphatic rings. The third-order valence-electron chi connectivity index (χ3n) is 2.82. The van der Waals surface area contributed by atoms with Crippen molar-refractivity contribution in [2.45, 2.75) is 58.3 Å². The van der Waals surface area contributed by atoms with Crippen LogP contribution < -0.4 is 0 Å². The number of carbonyl (C=O) groups excluding carboxylic acids is 1. The Balaban J connectivity index is 3.90. The van der Waals surface area contributed by atoms with Crippen LogP contribution in [0.25, 0.3) is 0 Å². The van der Waals surface area contributed by atoms with Crippen LogP contribution >= 0.6 is 0 Å². The fraction of sp³-hybridized carbons (Fsp3) is 0.714. The molecule has 0 aromatic heterocycles. The number of carbonyl (C=O) groups is 2. The van der Waals surface area contributed by atoms with Crippen molar-refractivity contribution in [1.82, 2.24) is 0 Å². The molecule has 0 saturated carbocycles. The Morgan fingerprint density at radius 1 is 1.11 bits per heavy atom. The van der Waals surface area contributed by atoms with E-state index in [1.807, 2.05) is 0 Å². The van der Waals surface area contributed by atoms with E-state index in [4.69, 9.17) is 5.11 Å². The summed E-state index contributed by atoms with van der Waals surface area (Å²) in [5.41, 5.74) is 0.316. The first-order chi connectivity index (χ1) is 8.61. The summed E-state index contributed by atoms with van der Waals surface area (Å²) in [5.74, 6) is -1.34. The maximum absolute atomic E-state index is 10.9. The maximum Gasteiger partial charge on any atom is 0.331 e. The van der Waals surface area contributed by atoms with Crippen molar-refractivity contribution in [2.75, 3.05) is 7.11 Å². The molecule has 0 radical (unpaired) electrons. The van der Waals surface area contributed by atoms with Gasteiger partial charge < -0.3 is 9.84 Å². The number of ether oxygens (including phenoxy) is 1. The number of carboxylic acids is 1. The third kappa shape index (κ3) is 8.79. The molecule has 0 aromatic carbocycles. The molecule has 4 heteroatoms. The number of hydrogen-bond donors (Lipinski definition) is 1. The summed E-state index contributed by atoms with van der Waals surface area (Å²) in [5, 5.41) is 8.98. The molecular formula is C14H24O4. The van der Waals surface area contributed by atoms with Crippen LogP contribution in [0.15, 0.2) is 11.6 Å². The average Bonchev–Trinajstić information content (AvgIpc) is 2.36. The Morgan fingerprint density at radius 3 is 2.28 bits per heavy atom. The molecule has 0 aromatic rings. The predicted octanol–water partition coefficient (Wildman–Crippen LogP) is 3.31. The highest BCUT2D eigenvalue weighted by atomic mass is 16.5. The van der Waals surface area contributed by atoms with Crippen molar-refractivity contribution in [3.8, 4) is 0 Å². The average molecular weight is 256 g/mol. The first kappa shape index (κ1) is 16.7. The lowest BCUT2D eigenvalue weighted by Crippen LogP contribution is -2.04. The number of hydrogen-bond acceptors (Lipinski definition) is 3. The van der Waals surface area contributed by atoms with Gasteiger partial charge in [-0.15, -0.1) is 0 Å². The molecule has 0 fully saturated rings. The third-order valence-corrected chi connectivity index (χ3v) is 2.82. The van der Waals surface area contributed by atoms with E-state index < -0.39 is 11.9 Å². The highest BCUT2D eigenvalue weighted by molar-refractivity contribution is 5.87. The minimum Gasteiger partial charge on any atom is -0.478 e. The predicted molar refractivity (Wildman–Crippen MR) is 70.3 cm³/mol. The van der Waals surface area contributed by atoms with Gasteiger partial charge in [-0.05, 0) is 12.8 Å². The zero-order valence-corrected chi connectivity index (χ0v) is 11.4. The van der Waals surface area contributed by atoms with Gasteiger partial charge in [0.25, 0.3) is 0 Å². The number of unbranched alkanes of at least 4 members (excludes halogenated alkanes) is 5.